The second kappa shape index (κ2) is 9.32. The van der Waals surface area contributed by atoms with Gasteiger partial charge in [0, 0.05) is 32.7 Å². The van der Waals surface area contributed by atoms with Gasteiger partial charge >= 0.3 is 0 Å². The summed E-state index contributed by atoms with van der Waals surface area (Å²) in [5.41, 5.74) is 0. The molecule has 0 aliphatic heterocycles. The smallest absolute Gasteiger partial charge is 0.221 e. The molecule has 0 aromatic carbocycles. The molecule has 1 amide bonds. The molecule has 1 saturated carbocycles. The van der Waals surface area contributed by atoms with Crippen LogP contribution >= 0.6 is 0 Å². The van der Waals surface area contributed by atoms with Gasteiger partial charge in [-0.3, -0.25) is 4.79 Å². The molecule has 2 unspecified atom stereocenters. The van der Waals surface area contributed by atoms with Crippen LogP contribution in [0.5, 0.6) is 0 Å². The van der Waals surface area contributed by atoms with Gasteiger partial charge in [-0.1, -0.05) is 26.7 Å². The summed E-state index contributed by atoms with van der Waals surface area (Å²) >= 11 is 0. The van der Waals surface area contributed by atoms with E-state index in [0.717, 1.165) is 18.4 Å². The molecule has 19 heavy (non-hydrogen) atoms. The van der Waals surface area contributed by atoms with Crippen LogP contribution in [0.25, 0.3) is 0 Å². The van der Waals surface area contributed by atoms with Crippen LogP contribution in [0.3, 0.4) is 0 Å². The maximum Gasteiger partial charge on any atom is 0.221 e. The highest BCUT2D eigenvalue weighted by atomic mass is 16.5. The molecule has 1 fully saturated rings. The van der Waals surface area contributed by atoms with Crippen molar-refractivity contribution in [3.8, 4) is 0 Å². The van der Waals surface area contributed by atoms with Gasteiger partial charge in [0.15, 0.2) is 0 Å². The molecule has 1 rings (SSSR count). The fraction of sp³-hybridized carbons (Fsp3) is 0.933. The zero-order valence-corrected chi connectivity index (χ0v) is 12.7. The van der Waals surface area contributed by atoms with E-state index in [1.807, 2.05) is 0 Å². The van der Waals surface area contributed by atoms with Gasteiger partial charge in [-0.15, -0.1) is 0 Å². The molecule has 0 aromatic heterocycles. The van der Waals surface area contributed by atoms with Crippen molar-refractivity contribution in [2.24, 2.45) is 11.8 Å². The first kappa shape index (κ1) is 16.4. The lowest BCUT2D eigenvalue weighted by Gasteiger charge is -2.35. The average molecular weight is 270 g/mol. The molecular weight excluding hydrogens is 240 g/mol. The predicted molar refractivity (Wildman–Crippen MR) is 78.1 cm³/mol. The lowest BCUT2D eigenvalue weighted by molar-refractivity contribution is -0.121. The van der Waals surface area contributed by atoms with E-state index in [9.17, 15) is 4.79 Å². The number of amides is 1. The van der Waals surface area contributed by atoms with Crippen molar-refractivity contribution in [2.45, 2.75) is 52.0 Å². The van der Waals surface area contributed by atoms with Crippen LogP contribution in [0.1, 0.15) is 46.0 Å². The minimum Gasteiger partial charge on any atom is -0.383 e. The third kappa shape index (κ3) is 6.39. The summed E-state index contributed by atoms with van der Waals surface area (Å²) in [5, 5.41) is 6.43. The van der Waals surface area contributed by atoms with Crippen LogP contribution in [0, 0.1) is 11.8 Å². The highest BCUT2D eigenvalue weighted by Crippen LogP contribution is 2.30. The van der Waals surface area contributed by atoms with Crippen molar-refractivity contribution in [1.29, 1.82) is 0 Å². The number of carbonyl (C=O) groups excluding carboxylic acids is 1. The monoisotopic (exact) mass is 270 g/mol. The lowest BCUT2D eigenvalue weighted by Crippen LogP contribution is -2.42. The third-order valence-corrected chi connectivity index (χ3v) is 4.06. The van der Waals surface area contributed by atoms with E-state index in [-0.39, 0.29) is 5.91 Å². The zero-order valence-electron chi connectivity index (χ0n) is 12.7. The van der Waals surface area contributed by atoms with Crippen LogP contribution < -0.4 is 10.6 Å². The number of methoxy groups -OCH3 is 1. The van der Waals surface area contributed by atoms with E-state index in [4.69, 9.17) is 4.74 Å². The van der Waals surface area contributed by atoms with Crippen LogP contribution in [-0.2, 0) is 9.53 Å². The molecule has 0 saturated heterocycles. The van der Waals surface area contributed by atoms with E-state index in [2.05, 4.69) is 24.5 Å². The number of ether oxygens (including phenoxy) is 1. The van der Waals surface area contributed by atoms with Crippen LogP contribution in [0.4, 0.5) is 0 Å². The number of hydrogen-bond donors (Lipinski definition) is 2. The molecule has 2 atom stereocenters. The highest BCUT2D eigenvalue weighted by molar-refractivity contribution is 5.76. The lowest BCUT2D eigenvalue weighted by atomic mass is 9.78. The Kier molecular flexibility index (Phi) is 8.07. The van der Waals surface area contributed by atoms with Gasteiger partial charge in [0.25, 0.3) is 0 Å². The molecule has 1 aliphatic rings. The van der Waals surface area contributed by atoms with Gasteiger partial charge in [0.2, 0.25) is 5.91 Å². The zero-order chi connectivity index (χ0) is 14.1. The fourth-order valence-electron chi connectivity index (χ4n) is 2.96. The van der Waals surface area contributed by atoms with Crippen molar-refractivity contribution in [3.05, 3.63) is 0 Å². The minimum atomic E-state index is 0.112. The number of hydrogen-bond acceptors (Lipinski definition) is 3. The predicted octanol–water partition coefficient (Wildman–Crippen LogP) is 1.94. The number of carbonyl (C=O) groups is 1. The fourth-order valence-corrected chi connectivity index (χ4v) is 2.96. The maximum atomic E-state index is 11.6. The van der Waals surface area contributed by atoms with Crippen molar-refractivity contribution in [2.75, 3.05) is 26.8 Å². The Bertz CT molecular complexity index is 257. The quantitative estimate of drug-likeness (QED) is 0.663. The Balaban J connectivity index is 2.18. The molecule has 0 aromatic rings. The summed E-state index contributed by atoms with van der Waals surface area (Å²) in [5.74, 6) is 1.61. The van der Waals surface area contributed by atoms with Crippen LogP contribution in [0.2, 0.25) is 0 Å². The van der Waals surface area contributed by atoms with Gasteiger partial charge in [0.1, 0.15) is 0 Å². The van der Waals surface area contributed by atoms with E-state index in [1.54, 1.807) is 7.11 Å². The Labute approximate surface area is 117 Å². The summed E-state index contributed by atoms with van der Waals surface area (Å²) in [6, 6.07) is 0.598. The van der Waals surface area contributed by atoms with Crippen LogP contribution in [0.15, 0.2) is 0 Å². The Morgan fingerprint density at radius 2 is 2.00 bits per heavy atom. The number of rotatable bonds is 8. The SMILES string of the molecule is COCCNC(=O)CCNC1CCCCC1C(C)C. The third-order valence-electron chi connectivity index (χ3n) is 4.06. The average Bonchev–Trinajstić information content (AvgIpc) is 2.39. The molecule has 0 bridgehead atoms. The standard InChI is InChI=1S/C15H30N2O2/c1-12(2)13-6-4-5-7-14(13)16-9-8-15(18)17-10-11-19-3/h12-14,16H,4-11H2,1-3H3,(H,17,18). The minimum absolute atomic E-state index is 0.112. The van der Waals surface area contributed by atoms with Gasteiger partial charge in [-0.25, -0.2) is 0 Å². The Hall–Kier alpha value is -0.610. The summed E-state index contributed by atoms with van der Waals surface area (Å²) < 4.78 is 4.90. The maximum absolute atomic E-state index is 11.6. The topological polar surface area (TPSA) is 50.4 Å². The van der Waals surface area contributed by atoms with Gasteiger partial charge in [-0.05, 0) is 24.7 Å². The van der Waals surface area contributed by atoms with E-state index in [0.29, 0.717) is 25.6 Å². The van der Waals surface area contributed by atoms with Crippen LogP contribution in [-0.4, -0.2) is 38.8 Å². The second-order valence-corrected chi connectivity index (χ2v) is 5.85. The first-order valence-corrected chi connectivity index (χ1v) is 7.64. The Morgan fingerprint density at radius 3 is 2.68 bits per heavy atom. The molecule has 0 radical (unpaired) electrons. The van der Waals surface area contributed by atoms with Crippen molar-refractivity contribution in [3.63, 3.8) is 0 Å². The molecule has 1 aliphatic carbocycles. The first-order valence-electron chi connectivity index (χ1n) is 7.64. The molecule has 0 heterocycles. The second-order valence-electron chi connectivity index (χ2n) is 5.85. The summed E-state index contributed by atoms with van der Waals surface area (Å²) in [7, 11) is 1.64. The molecule has 4 heteroatoms. The van der Waals surface area contributed by atoms with Gasteiger partial charge in [0.05, 0.1) is 6.61 Å². The molecule has 0 spiro atoms. The molecule has 112 valence electrons. The van der Waals surface area contributed by atoms with Gasteiger partial charge < -0.3 is 15.4 Å². The summed E-state index contributed by atoms with van der Waals surface area (Å²) in [4.78, 5) is 11.6. The summed E-state index contributed by atoms with van der Waals surface area (Å²) in [6.45, 7) is 6.58. The van der Waals surface area contributed by atoms with Gasteiger partial charge in [-0.2, -0.15) is 0 Å². The van der Waals surface area contributed by atoms with E-state index >= 15 is 0 Å². The summed E-state index contributed by atoms with van der Waals surface area (Å²) in [6.07, 6.45) is 5.83. The normalized spacial score (nSPS) is 23.6. The van der Waals surface area contributed by atoms with Crippen molar-refractivity contribution < 1.29 is 9.53 Å². The van der Waals surface area contributed by atoms with Crippen molar-refractivity contribution in [1.82, 2.24) is 10.6 Å². The largest absolute Gasteiger partial charge is 0.383 e. The first-order chi connectivity index (χ1) is 9.15. The molecule has 2 N–H and O–H groups in total. The van der Waals surface area contributed by atoms with E-state index < -0.39 is 0 Å². The highest BCUT2D eigenvalue weighted by Gasteiger charge is 2.26. The number of nitrogens with one attached hydrogen (secondary N) is 2. The van der Waals surface area contributed by atoms with E-state index in [1.165, 1.54) is 25.7 Å². The molecular formula is C15H30N2O2. The molecule has 4 nitrogen and oxygen atoms in total. The van der Waals surface area contributed by atoms with Crippen molar-refractivity contribution >= 4 is 5.91 Å². The Morgan fingerprint density at radius 1 is 1.26 bits per heavy atom.